The van der Waals surface area contributed by atoms with E-state index < -0.39 is 0 Å². The van der Waals surface area contributed by atoms with Crippen molar-refractivity contribution in [3.8, 4) is 17.2 Å². The first kappa shape index (κ1) is 30.7. The molecule has 9 heteroatoms. The van der Waals surface area contributed by atoms with E-state index >= 15 is 0 Å². The number of para-hydroxylation sites is 2. The number of nitrogens with one attached hydrogen (secondary N) is 1. The van der Waals surface area contributed by atoms with Gasteiger partial charge in [-0.1, -0.05) is 43.3 Å². The van der Waals surface area contributed by atoms with Crippen LogP contribution in [0.4, 0.5) is 5.69 Å². The Kier molecular flexibility index (Phi) is 9.89. The summed E-state index contributed by atoms with van der Waals surface area (Å²) in [5.74, 6) is 1.21. The van der Waals surface area contributed by atoms with Gasteiger partial charge in [-0.05, 0) is 68.1 Å². The molecule has 3 atom stereocenters. The van der Waals surface area contributed by atoms with Crippen LogP contribution in [-0.4, -0.2) is 70.6 Å². The van der Waals surface area contributed by atoms with Crippen LogP contribution in [0.5, 0.6) is 17.2 Å². The number of carbonyl (C=O) groups excluding carboxylic acids is 2. The number of amides is 2. The molecule has 2 amide bonds. The number of aliphatic hydroxyl groups is 1. The lowest BCUT2D eigenvalue weighted by Gasteiger charge is -2.38. The monoisotopic (exact) mass is 594 g/mol. The zero-order chi connectivity index (χ0) is 31.1. The van der Waals surface area contributed by atoms with Crippen LogP contribution in [0.3, 0.4) is 0 Å². The molecule has 44 heavy (non-hydrogen) atoms. The van der Waals surface area contributed by atoms with E-state index in [1.165, 1.54) is 0 Å². The molecule has 0 saturated carbocycles. The van der Waals surface area contributed by atoms with E-state index in [9.17, 15) is 14.7 Å². The molecule has 4 aromatic rings. The molecule has 0 radical (unpaired) electrons. The smallest absolute Gasteiger partial charge is 0.258 e. The number of pyridine rings is 1. The molecule has 0 bridgehead atoms. The Labute approximate surface area is 258 Å². The Morgan fingerprint density at radius 1 is 1.05 bits per heavy atom. The van der Waals surface area contributed by atoms with Gasteiger partial charge in [0.2, 0.25) is 0 Å². The maximum atomic E-state index is 13.7. The minimum Gasteiger partial charge on any atom is -0.486 e. The van der Waals surface area contributed by atoms with Crippen molar-refractivity contribution >= 4 is 17.5 Å². The third kappa shape index (κ3) is 7.42. The fourth-order valence-electron chi connectivity index (χ4n) is 5.23. The third-order valence-electron chi connectivity index (χ3n) is 7.73. The highest BCUT2D eigenvalue weighted by atomic mass is 16.5. The summed E-state index contributed by atoms with van der Waals surface area (Å²) in [7, 11) is 2.03. The number of likely N-dealkylation sites (N-methyl/N-ethyl adjacent to an activating group) is 1. The highest BCUT2D eigenvalue weighted by Crippen LogP contribution is 2.35. The van der Waals surface area contributed by atoms with Crippen LogP contribution in [0, 0.1) is 5.92 Å². The summed E-state index contributed by atoms with van der Waals surface area (Å²) in [6.07, 6.45) is 2.78. The van der Waals surface area contributed by atoms with Crippen molar-refractivity contribution in [2.45, 2.75) is 32.5 Å². The predicted molar refractivity (Wildman–Crippen MR) is 169 cm³/mol. The summed E-state index contributed by atoms with van der Waals surface area (Å²) < 4.78 is 12.6. The van der Waals surface area contributed by atoms with Crippen LogP contribution in [0.2, 0.25) is 0 Å². The van der Waals surface area contributed by atoms with Crippen LogP contribution >= 0.6 is 0 Å². The standard InChI is InChI=1S/C35H38N4O5/c1-24-20-39(25(2)23-40)35(42)30-10-7-11-31(37-34(41)27-16-18-36-19-17-27)33(30)44-32(24)22-38(3)21-26-12-14-29(15-13-26)43-28-8-5-4-6-9-28/h4-19,24-25,32,40H,20-23H2,1-3H3,(H,37,41)/t24-,25?,32-/m0/s1. The lowest BCUT2D eigenvalue weighted by atomic mass is 9.98. The summed E-state index contributed by atoms with van der Waals surface area (Å²) >= 11 is 0. The highest BCUT2D eigenvalue weighted by molar-refractivity contribution is 6.07. The van der Waals surface area contributed by atoms with Crippen molar-refractivity contribution in [2.24, 2.45) is 5.92 Å². The van der Waals surface area contributed by atoms with Crippen molar-refractivity contribution in [3.05, 3.63) is 114 Å². The Bertz CT molecular complexity index is 1550. The van der Waals surface area contributed by atoms with Crippen LogP contribution < -0.4 is 14.8 Å². The average Bonchev–Trinajstić information content (AvgIpc) is 3.04. The predicted octanol–water partition coefficient (Wildman–Crippen LogP) is 5.48. The Hall–Kier alpha value is -4.73. The molecule has 3 aromatic carbocycles. The second kappa shape index (κ2) is 14.2. The summed E-state index contributed by atoms with van der Waals surface area (Å²) in [5, 5.41) is 12.9. The molecule has 1 aliphatic rings. The molecule has 0 fully saturated rings. The van der Waals surface area contributed by atoms with Gasteiger partial charge in [0, 0.05) is 43.5 Å². The van der Waals surface area contributed by atoms with Crippen LogP contribution in [0.15, 0.2) is 97.3 Å². The highest BCUT2D eigenvalue weighted by Gasteiger charge is 2.34. The summed E-state index contributed by atoms with van der Waals surface area (Å²) in [6, 6.07) is 25.7. The number of ether oxygens (including phenoxy) is 2. The maximum absolute atomic E-state index is 13.7. The van der Waals surface area contributed by atoms with Crippen molar-refractivity contribution in [2.75, 3.05) is 32.1 Å². The molecule has 0 saturated heterocycles. The quantitative estimate of drug-likeness (QED) is 0.251. The van der Waals surface area contributed by atoms with Crippen LogP contribution in [-0.2, 0) is 6.54 Å². The minimum absolute atomic E-state index is 0.0749. The molecular formula is C35H38N4O5. The average molecular weight is 595 g/mol. The molecule has 5 rings (SSSR count). The van der Waals surface area contributed by atoms with Gasteiger partial charge in [0.15, 0.2) is 5.75 Å². The van der Waals surface area contributed by atoms with Crippen molar-refractivity contribution in [1.29, 1.82) is 0 Å². The second-order valence-electron chi connectivity index (χ2n) is 11.3. The van der Waals surface area contributed by atoms with Gasteiger partial charge in [0.25, 0.3) is 11.8 Å². The van der Waals surface area contributed by atoms with Gasteiger partial charge in [-0.2, -0.15) is 0 Å². The van der Waals surface area contributed by atoms with Crippen molar-refractivity contribution in [3.63, 3.8) is 0 Å². The van der Waals surface area contributed by atoms with Crippen molar-refractivity contribution in [1.82, 2.24) is 14.8 Å². The van der Waals surface area contributed by atoms with E-state index in [1.54, 1.807) is 47.6 Å². The SMILES string of the molecule is CC(CO)N1C[C@H](C)[C@H](CN(C)Cc2ccc(Oc3ccccc3)cc2)Oc2c(NC(=O)c3ccncc3)cccc2C1=O. The number of nitrogens with zero attached hydrogens (tertiary/aromatic N) is 3. The molecule has 2 heterocycles. The third-order valence-corrected chi connectivity index (χ3v) is 7.73. The van der Waals surface area contributed by atoms with Crippen molar-refractivity contribution < 1.29 is 24.2 Å². The molecule has 1 unspecified atom stereocenters. The van der Waals surface area contributed by atoms with E-state index in [0.717, 1.165) is 17.1 Å². The number of benzene rings is 3. The number of hydrogen-bond acceptors (Lipinski definition) is 7. The second-order valence-corrected chi connectivity index (χ2v) is 11.3. The van der Waals surface area contributed by atoms with E-state index in [-0.39, 0.29) is 36.5 Å². The lowest BCUT2D eigenvalue weighted by Crippen LogP contribution is -2.49. The number of aromatic nitrogens is 1. The summed E-state index contributed by atoms with van der Waals surface area (Å²) in [6.45, 7) is 5.35. The van der Waals surface area contributed by atoms with E-state index in [1.807, 2.05) is 75.5 Å². The molecular weight excluding hydrogens is 556 g/mol. The molecule has 1 aliphatic heterocycles. The number of carbonyl (C=O) groups is 2. The van der Waals surface area contributed by atoms with Crippen LogP contribution in [0.1, 0.15) is 40.1 Å². The number of fused-ring (bicyclic) bond motifs is 1. The minimum atomic E-state index is -0.388. The fourth-order valence-corrected chi connectivity index (χ4v) is 5.23. The number of hydrogen-bond donors (Lipinski definition) is 2. The van der Waals surface area contributed by atoms with Gasteiger partial charge in [-0.15, -0.1) is 0 Å². The maximum Gasteiger partial charge on any atom is 0.258 e. The molecule has 2 N–H and O–H groups in total. The summed E-state index contributed by atoms with van der Waals surface area (Å²) in [5.41, 5.74) is 2.30. The zero-order valence-electron chi connectivity index (χ0n) is 25.2. The Morgan fingerprint density at radius 3 is 2.45 bits per heavy atom. The number of rotatable bonds is 10. The first-order valence-corrected chi connectivity index (χ1v) is 14.8. The normalized spacial score (nSPS) is 17.2. The van der Waals surface area contributed by atoms with Gasteiger partial charge in [0.05, 0.1) is 23.9 Å². The zero-order valence-corrected chi connectivity index (χ0v) is 25.2. The fraction of sp³-hybridized carbons (Fsp3) is 0.286. The molecule has 228 valence electrons. The Balaban J connectivity index is 1.36. The van der Waals surface area contributed by atoms with E-state index in [0.29, 0.717) is 42.2 Å². The first-order chi connectivity index (χ1) is 21.3. The summed E-state index contributed by atoms with van der Waals surface area (Å²) in [4.78, 5) is 34.7. The lowest BCUT2D eigenvalue weighted by molar-refractivity contribution is 0.0343. The van der Waals surface area contributed by atoms with Gasteiger partial charge in [-0.3, -0.25) is 19.5 Å². The molecule has 0 spiro atoms. The van der Waals surface area contributed by atoms with Gasteiger partial charge >= 0.3 is 0 Å². The van der Waals surface area contributed by atoms with Gasteiger partial charge in [-0.25, -0.2) is 0 Å². The topological polar surface area (TPSA) is 104 Å². The number of aliphatic hydroxyl groups excluding tert-OH is 1. The van der Waals surface area contributed by atoms with E-state index in [2.05, 4.69) is 15.2 Å². The number of anilines is 1. The molecule has 1 aromatic heterocycles. The van der Waals surface area contributed by atoms with Gasteiger partial charge in [0.1, 0.15) is 17.6 Å². The van der Waals surface area contributed by atoms with E-state index in [4.69, 9.17) is 9.47 Å². The van der Waals surface area contributed by atoms with Gasteiger partial charge < -0.3 is 24.8 Å². The largest absolute Gasteiger partial charge is 0.486 e. The molecule has 9 nitrogen and oxygen atoms in total. The molecule has 0 aliphatic carbocycles. The first-order valence-electron chi connectivity index (χ1n) is 14.8. The van der Waals surface area contributed by atoms with Crippen LogP contribution in [0.25, 0.3) is 0 Å². The Morgan fingerprint density at radius 2 is 1.75 bits per heavy atom.